The summed E-state index contributed by atoms with van der Waals surface area (Å²) in [5.41, 5.74) is 9.08. The number of piperidine rings is 1. The van der Waals surface area contributed by atoms with Crippen LogP contribution in [0.25, 0.3) is 0 Å². The Morgan fingerprint density at radius 2 is 1.88 bits per heavy atom. The summed E-state index contributed by atoms with van der Waals surface area (Å²) in [6.45, 7) is 8.80. The van der Waals surface area contributed by atoms with Crippen molar-refractivity contribution in [2.75, 3.05) is 19.6 Å². The van der Waals surface area contributed by atoms with Gasteiger partial charge in [0.1, 0.15) is 0 Å². The zero-order chi connectivity index (χ0) is 12.3. The van der Waals surface area contributed by atoms with Gasteiger partial charge in [0.2, 0.25) is 0 Å². The lowest BCUT2D eigenvalue weighted by atomic mass is 9.80. The van der Waals surface area contributed by atoms with E-state index in [9.17, 15) is 0 Å². The van der Waals surface area contributed by atoms with Gasteiger partial charge >= 0.3 is 0 Å². The molecule has 0 aromatic heterocycles. The van der Waals surface area contributed by atoms with E-state index in [1.807, 2.05) is 0 Å². The van der Waals surface area contributed by atoms with Crippen LogP contribution in [0, 0.1) is 12.3 Å². The maximum Gasteiger partial charge on any atom is 0.0236 e. The summed E-state index contributed by atoms with van der Waals surface area (Å²) in [5, 5.41) is 0. The third-order valence-electron chi connectivity index (χ3n) is 4.21. The lowest BCUT2D eigenvalue weighted by Gasteiger charge is -2.38. The van der Waals surface area contributed by atoms with Crippen LogP contribution in [0.4, 0.5) is 0 Å². The van der Waals surface area contributed by atoms with Crippen molar-refractivity contribution in [1.29, 1.82) is 0 Å². The first-order valence-electron chi connectivity index (χ1n) is 6.60. The van der Waals surface area contributed by atoms with E-state index < -0.39 is 0 Å². The zero-order valence-electron chi connectivity index (χ0n) is 11.1. The maximum atomic E-state index is 5.84. The summed E-state index contributed by atoms with van der Waals surface area (Å²) >= 11 is 0. The van der Waals surface area contributed by atoms with E-state index in [4.69, 9.17) is 5.73 Å². The maximum absolute atomic E-state index is 5.84. The third kappa shape index (κ3) is 3.08. The summed E-state index contributed by atoms with van der Waals surface area (Å²) in [4.78, 5) is 2.56. The van der Waals surface area contributed by atoms with Crippen molar-refractivity contribution in [3.8, 4) is 0 Å². The van der Waals surface area contributed by atoms with Crippen LogP contribution in [0.5, 0.6) is 0 Å². The summed E-state index contributed by atoms with van der Waals surface area (Å²) in [6.07, 6.45) is 2.46. The van der Waals surface area contributed by atoms with Gasteiger partial charge in [-0.25, -0.2) is 0 Å². The number of hydrogen-bond acceptors (Lipinski definition) is 2. The lowest BCUT2D eigenvalue weighted by molar-refractivity contribution is 0.119. The predicted octanol–water partition coefficient (Wildman–Crippen LogP) is 2.56. The normalized spacial score (nSPS) is 20.4. The number of likely N-dealkylation sites (tertiary alicyclic amines) is 1. The van der Waals surface area contributed by atoms with Gasteiger partial charge in [0.15, 0.2) is 0 Å². The minimum Gasteiger partial charge on any atom is -0.330 e. The predicted molar refractivity (Wildman–Crippen MR) is 72.9 cm³/mol. The number of nitrogens with zero attached hydrogens (tertiary/aromatic N) is 1. The van der Waals surface area contributed by atoms with Crippen molar-refractivity contribution >= 4 is 0 Å². The SMILES string of the molecule is Cc1ccccc1CN1CCC(C)(CN)CC1. The molecule has 0 bridgehead atoms. The molecule has 1 heterocycles. The number of hydrogen-bond donors (Lipinski definition) is 1. The summed E-state index contributed by atoms with van der Waals surface area (Å²) < 4.78 is 0. The van der Waals surface area contributed by atoms with E-state index in [1.165, 1.54) is 37.1 Å². The minimum atomic E-state index is 0.377. The lowest BCUT2D eigenvalue weighted by Crippen LogP contribution is -2.41. The minimum absolute atomic E-state index is 0.377. The molecular weight excluding hydrogens is 208 g/mol. The summed E-state index contributed by atoms with van der Waals surface area (Å²) in [6, 6.07) is 8.69. The molecular formula is C15H24N2. The monoisotopic (exact) mass is 232 g/mol. The number of nitrogens with two attached hydrogens (primary N) is 1. The molecule has 0 aliphatic carbocycles. The van der Waals surface area contributed by atoms with Crippen LogP contribution >= 0.6 is 0 Å². The van der Waals surface area contributed by atoms with Crippen LogP contribution in [0.15, 0.2) is 24.3 Å². The smallest absolute Gasteiger partial charge is 0.0236 e. The number of benzene rings is 1. The second kappa shape index (κ2) is 5.19. The molecule has 17 heavy (non-hydrogen) atoms. The van der Waals surface area contributed by atoms with E-state index in [2.05, 4.69) is 43.0 Å². The second-order valence-electron chi connectivity index (χ2n) is 5.72. The van der Waals surface area contributed by atoms with Crippen molar-refractivity contribution in [2.24, 2.45) is 11.1 Å². The molecule has 1 aliphatic heterocycles. The fourth-order valence-electron chi connectivity index (χ4n) is 2.48. The van der Waals surface area contributed by atoms with E-state index in [0.29, 0.717) is 5.41 Å². The van der Waals surface area contributed by atoms with Gasteiger partial charge in [-0.2, -0.15) is 0 Å². The van der Waals surface area contributed by atoms with Crippen molar-refractivity contribution in [3.63, 3.8) is 0 Å². The van der Waals surface area contributed by atoms with Crippen LogP contribution in [0.2, 0.25) is 0 Å². The Kier molecular flexibility index (Phi) is 3.85. The Morgan fingerprint density at radius 3 is 2.47 bits per heavy atom. The Bertz CT molecular complexity index is 365. The quantitative estimate of drug-likeness (QED) is 0.868. The molecule has 1 aromatic carbocycles. The Balaban J connectivity index is 1.93. The first-order chi connectivity index (χ1) is 8.13. The van der Waals surface area contributed by atoms with Crippen LogP contribution in [-0.2, 0) is 6.54 Å². The fraction of sp³-hybridized carbons (Fsp3) is 0.600. The topological polar surface area (TPSA) is 29.3 Å². The van der Waals surface area contributed by atoms with Gasteiger partial charge in [-0.05, 0) is 55.9 Å². The molecule has 94 valence electrons. The molecule has 2 nitrogen and oxygen atoms in total. The van der Waals surface area contributed by atoms with Crippen molar-refractivity contribution in [1.82, 2.24) is 4.90 Å². The fourth-order valence-corrected chi connectivity index (χ4v) is 2.48. The third-order valence-corrected chi connectivity index (χ3v) is 4.21. The first kappa shape index (κ1) is 12.6. The van der Waals surface area contributed by atoms with Gasteiger partial charge in [0, 0.05) is 6.54 Å². The zero-order valence-corrected chi connectivity index (χ0v) is 11.1. The van der Waals surface area contributed by atoms with Gasteiger partial charge in [0.05, 0.1) is 0 Å². The molecule has 0 radical (unpaired) electrons. The second-order valence-corrected chi connectivity index (χ2v) is 5.72. The van der Waals surface area contributed by atoms with Crippen molar-refractivity contribution in [3.05, 3.63) is 35.4 Å². The van der Waals surface area contributed by atoms with Crippen LogP contribution in [-0.4, -0.2) is 24.5 Å². The highest BCUT2D eigenvalue weighted by Gasteiger charge is 2.28. The highest BCUT2D eigenvalue weighted by Crippen LogP contribution is 2.30. The summed E-state index contributed by atoms with van der Waals surface area (Å²) in [5.74, 6) is 0. The highest BCUT2D eigenvalue weighted by molar-refractivity contribution is 5.25. The molecule has 2 rings (SSSR count). The first-order valence-corrected chi connectivity index (χ1v) is 6.60. The standard InChI is InChI=1S/C15H24N2/c1-13-5-3-4-6-14(13)11-17-9-7-15(2,12-16)8-10-17/h3-6H,7-12,16H2,1-2H3. The van der Waals surface area contributed by atoms with Gasteiger partial charge in [0.25, 0.3) is 0 Å². The van der Waals surface area contributed by atoms with Crippen molar-refractivity contribution < 1.29 is 0 Å². The molecule has 0 unspecified atom stereocenters. The largest absolute Gasteiger partial charge is 0.330 e. The van der Waals surface area contributed by atoms with Crippen LogP contribution in [0.3, 0.4) is 0 Å². The Labute approximate surface area is 105 Å². The van der Waals surface area contributed by atoms with Gasteiger partial charge in [-0.1, -0.05) is 31.2 Å². The van der Waals surface area contributed by atoms with E-state index in [0.717, 1.165) is 13.1 Å². The van der Waals surface area contributed by atoms with Gasteiger partial charge in [-0.15, -0.1) is 0 Å². The molecule has 2 N–H and O–H groups in total. The van der Waals surface area contributed by atoms with E-state index >= 15 is 0 Å². The van der Waals surface area contributed by atoms with E-state index in [-0.39, 0.29) is 0 Å². The Morgan fingerprint density at radius 1 is 1.24 bits per heavy atom. The molecule has 1 aromatic rings. The molecule has 0 atom stereocenters. The molecule has 2 heteroatoms. The van der Waals surface area contributed by atoms with E-state index in [1.54, 1.807) is 0 Å². The average molecular weight is 232 g/mol. The highest BCUT2D eigenvalue weighted by atomic mass is 15.1. The molecule has 0 amide bonds. The van der Waals surface area contributed by atoms with Gasteiger partial charge in [-0.3, -0.25) is 4.90 Å². The molecule has 1 aliphatic rings. The molecule has 1 saturated heterocycles. The Hall–Kier alpha value is -0.860. The van der Waals surface area contributed by atoms with Crippen molar-refractivity contribution in [2.45, 2.75) is 33.2 Å². The van der Waals surface area contributed by atoms with Crippen LogP contribution < -0.4 is 5.73 Å². The summed E-state index contributed by atoms with van der Waals surface area (Å²) in [7, 11) is 0. The molecule has 0 spiro atoms. The average Bonchev–Trinajstić information content (AvgIpc) is 2.35. The molecule has 0 saturated carbocycles. The molecule has 1 fully saturated rings. The number of aryl methyl sites for hydroxylation is 1. The van der Waals surface area contributed by atoms with Gasteiger partial charge < -0.3 is 5.73 Å². The number of rotatable bonds is 3. The van der Waals surface area contributed by atoms with Crippen LogP contribution in [0.1, 0.15) is 30.9 Å².